The molecule has 0 unspecified atom stereocenters. The molecular formula is C19H17Cl2NO2S. The third-order valence-electron chi connectivity index (χ3n) is 4.96. The van der Waals surface area contributed by atoms with Gasteiger partial charge in [-0.2, -0.15) is 0 Å². The molecule has 2 aromatic carbocycles. The van der Waals surface area contributed by atoms with Crippen molar-refractivity contribution in [1.29, 1.82) is 0 Å². The van der Waals surface area contributed by atoms with E-state index in [2.05, 4.69) is 6.92 Å². The van der Waals surface area contributed by atoms with Crippen molar-refractivity contribution in [1.82, 2.24) is 0 Å². The smallest absolute Gasteiger partial charge is 0.267 e. The van der Waals surface area contributed by atoms with Crippen molar-refractivity contribution in [3.63, 3.8) is 0 Å². The molecular weight excluding hydrogens is 377 g/mol. The Labute approximate surface area is 161 Å². The van der Waals surface area contributed by atoms with Crippen molar-refractivity contribution in [2.24, 2.45) is 0 Å². The van der Waals surface area contributed by atoms with Crippen molar-refractivity contribution in [2.45, 2.75) is 33.4 Å². The summed E-state index contributed by atoms with van der Waals surface area (Å²) in [5.74, 6) is 0.484. The van der Waals surface area contributed by atoms with Gasteiger partial charge in [-0.3, -0.25) is 9.69 Å². The molecule has 25 heavy (non-hydrogen) atoms. The zero-order chi connectivity index (χ0) is 17.8. The molecule has 1 saturated heterocycles. The zero-order valence-corrected chi connectivity index (χ0v) is 16.2. The quantitative estimate of drug-likeness (QED) is 0.531. The number of rotatable bonds is 2. The van der Waals surface area contributed by atoms with E-state index in [0.717, 1.165) is 21.9 Å². The maximum atomic E-state index is 12.9. The highest BCUT2D eigenvalue weighted by Gasteiger charge is 2.72. The molecule has 130 valence electrons. The topological polar surface area (TPSA) is 29.5 Å². The van der Waals surface area contributed by atoms with Gasteiger partial charge in [-0.1, -0.05) is 54.4 Å². The number of benzene rings is 2. The van der Waals surface area contributed by atoms with Gasteiger partial charge in [0, 0.05) is 10.1 Å². The van der Waals surface area contributed by atoms with Crippen LogP contribution in [0.15, 0.2) is 53.4 Å². The first-order chi connectivity index (χ1) is 11.9. The lowest BCUT2D eigenvalue weighted by molar-refractivity contribution is -0.129. The number of carbonyl (C=O) groups is 1. The number of methoxy groups -OCH3 is 1. The molecule has 2 aliphatic heterocycles. The van der Waals surface area contributed by atoms with E-state index in [9.17, 15) is 4.79 Å². The Morgan fingerprint density at radius 1 is 1.16 bits per heavy atom. The number of thioether (sulfide) groups is 1. The van der Waals surface area contributed by atoms with Gasteiger partial charge in [0.05, 0.1) is 12.8 Å². The Morgan fingerprint density at radius 3 is 2.52 bits per heavy atom. The molecule has 1 fully saturated rings. The first kappa shape index (κ1) is 17.1. The number of fused-ring (bicyclic) bond motifs is 3. The molecule has 0 aromatic heterocycles. The highest BCUT2D eigenvalue weighted by Crippen LogP contribution is 2.63. The first-order valence-electron chi connectivity index (χ1n) is 8.04. The number of hydrogen-bond acceptors (Lipinski definition) is 3. The van der Waals surface area contributed by atoms with Crippen LogP contribution in [0.5, 0.6) is 5.75 Å². The lowest BCUT2D eigenvalue weighted by Crippen LogP contribution is -2.76. The molecule has 2 aliphatic rings. The third-order valence-corrected chi connectivity index (χ3v) is 7.07. The van der Waals surface area contributed by atoms with E-state index in [0.29, 0.717) is 6.42 Å². The van der Waals surface area contributed by atoms with Crippen molar-refractivity contribution in [3.8, 4) is 5.75 Å². The minimum absolute atomic E-state index is 0.248. The van der Waals surface area contributed by atoms with E-state index in [4.69, 9.17) is 27.9 Å². The average molecular weight is 394 g/mol. The molecule has 2 aromatic rings. The summed E-state index contributed by atoms with van der Waals surface area (Å²) in [6.07, 6.45) is 0.664. The summed E-state index contributed by atoms with van der Waals surface area (Å²) in [7, 11) is 1.63. The second kappa shape index (κ2) is 5.83. The molecule has 0 spiro atoms. The van der Waals surface area contributed by atoms with E-state index in [1.165, 1.54) is 0 Å². The van der Waals surface area contributed by atoms with Crippen LogP contribution in [0, 0.1) is 0 Å². The van der Waals surface area contributed by atoms with Gasteiger partial charge in [0.2, 0.25) is 4.33 Å². The number of alkyl halides is 2. The molecule has 3 nitrogen and oxygen atoms in total. The van der Waals surface area contributed by atoms with Gasteiger partial charge < -0.3 is 4.74 Å². The maximum Gasteiger partial charge on any atom is 0.267 e. The van der Waals surface area contributed by atoms with Crippen molar-refractivity contribution in [2.75, 3.05) is 12.0 Å². The number of para-hydroxylation sites is 1. The van der Waals surface area contributed by atoms with Gasteiger partial charge >= 0.3 is 0 Å². The monoisotopic (exact) mass is 393 g/mol. The maximum absolute atomic E-state index is 12.9. The van der Waals surface area contributed by atoms with E-state index in [1.54, 1.807) is 23.8 Å². The summed E-state index contributed by atoms with van der Waals surface area (Å²) < 4.78 is 3.77. The van der Waals surface area contributed by atoms with Crippen molar-refractivity contribution < 1.29 is 9.53 Å². The Morgan fingerprint density at radius 2 is 1.84 bits per heavy atom. The molecule has 2 atom stereocenters. The van der Waals surface area contributed by atoms with Gasteiger partial charge in [0.25, 0.3) is 5.91 Å². The van der Waals surface area contributed by atoms with Gasteiger partial charge in [-0.05, 0) is 36.2 Å². The fourth-order valence-corrected chi connectivity index (χ4v) is 5.73. The summed E-state index contributed by atoms with van der Waals surface area (Å²) in [6, 6.07) is 15.6. The Balaban J connectivity index is 1.94. The first-order valence-corrected chi connectivity index (χ1v) is 9.68. The SMILES string of the molecule is COc1ccc([C@@]23C[C@@H](C)Sc4ccccc4N2C(=O)C3(Cl)Cl)cc1. The fourth-order valence-electron chi connectivity index (χ4n) is 3.82. The second-order valence-corrected chi connectivity index (χ2v) is 9.21. The number of ether oxygens (including phenoxy) is 1. The highest BCUT2D eigenvalue weighted by molar-refractivity contribution is 8.00. The molecule has 2 heterocycles. The number of halogens is 2. The molecule has 1 amide bonds. The molecule has 0 N–H and O–H groups in total. The Hall–Kier alpha value is -1.36. The third kappa shape index (κ3) is 2.24. The van der Waals surface area contributed by atoms with Crippen LogP contribution < -0.4 is 9.64 Å². The van der Waals surface area contributed by atoms with Gasteiger partial charge in [0.15, 0.2) is 0 Å². The Bertz CT molecular complexity index is 840. The molecule has 0 radical (unpaired) electrons. The summed E-state index contributed by atoms with van der Waals surface area (Å²) in [6.45, 7) is 2.14. The fraction of sp³-hybridized carbons (Fsp3) is 0.316. The second-order valence-electron chi connectivity index (χ2n) is 6.40. The molecule has 4 rings (SSSR count). The predicted octanol–water partition coefficient (Wildman–Crippen LogP) is 5.00. The number of amides is 1. The summed E-state index contributed by atoms with van der Waals surface area (Å²) >= 11 is 15.0. The standard InChI is InChI=1S/C19H17Cl2NO2S/c1-12-11-18(13-7-9-14(24-2)10-8-13)19(20,21)17(23)22(18)15-5-3-4-6-16(15)25-12/h3-10,12H,11H2,1-2H3/t12-,18-/m1/s1. The molecule has 6 heteroatoms. The normalized spacial score (nSPS) is 27.0. The Kier molecular flexibility index (Phi) is 3.98. The number of β-lactam (4-membered cyclic amide) rings is 1. The highest BCUT2D eigenvalue weighted by atomic mass is 35.5. The van der Waals surface area contributed by atoms with Crippen LogP contribution in [-0.4, -0.2) is 22.6 Å². The summed E-state index contributed by atoms with van der Waals surface area (Å²) in [5, 5.41) is 0.248. The van der Waals surface area contributed by atoms with Crippen LogP contribution >= 0.6 is 35.0 Å². The molecule has 0 saturated carbocycles. The van der Waals surface area contributed by atoms with Crippen LogP contribution in [0.4, 0.5) is 5.69 Å². The van der Waals surface area contributed by atoms with E-state index in [-0.39, 0.29) is 11.2 Å². The van der Waals surface area contributed by atoms with Crippen LogP contribution in [0.3, 0.4) is 0 Å². The summed E-state index contributed by atoms with van der Waals surface area (Å²) in [5.41, 5.74) is 0.995. The van der Waals surface area contributed by atoms with Crippen LogP contribution in [-0.2, 0) is 10.3 Å². The number of anilines is 1. The van der Waals surface area contributed by atoms with Gasteiger partial charge in [0.1, 0.15) is 11.3 Å². The van der Waals surface area contributed by atoms with Crippen LogP contribution in [0.25, 0.3) is 0 Å². The van der Waals surface area contributed by atoms with E-state index >= 15 is 0 Å². The number of carbonyl (C=O) groups excluding carboxylic acids is 1. The van der Waals surface area contributed by atoms with Gasteiger partial charge in [-0.25, -0.2) is 0 Å². The van der Waals surface area contributed by atoms with Gasteiger partial charge in [-0.15, -0.1) is 11.8 Å². The predicted molar refractivity (Wildman–Crippen MR) is 103 cm³/mol. The summed E-state index contributed by atoms with van der Waals surface area (Å²) in [4.78, 5) is 15.7. The number of nitrogens with zero attached hydrogens (tertiary/aromatic N) is 1. The lowest BCUT2D eigenvalue weighted by atomic mass is 9.72. The van der Waals surface area contributed by atoms with E-state index in [1.807, 2.05) is 48.5 Å². The zero-order valence-electron chi connectivity index (χ0n) is 13.8. The molecule has 0 aliphatic carbocycles. The minimum Gasteiger partial charge on any atom is -0.497 e. The van der Waals surface area contributed by atoms with Crippen LogP contribution in [0.2, 0.25) is 0 Å². The van der Waals surface area contributed by atoms with E-state index < -0.39 is 9.87 Å². The largest absolute Gasteiger partial charge is 0.497 e. The van der Waals surface area contributed by atoms with Crippen molar-refractivity contribution in [3.05, 3.63) is 54.1 Å². The number of hydrogen-bond donors (Lipinski definition) is 0. The minimum atomic E-state index is -1.49. The molecule has 0 bridgehead atoms. The average Bonchev–Trinajstić information content (AvgIpc) is 2.74. The lowest BCUT2D eigenvalue weighted by Gasteiger charge is -2.59. The van der Waals surface area contributed by atoms with Crippen LogP contribution in [0.1, 0.15) is 18.9 Å². The van der Waals surface area contributed by atoms with Crippen molar-refractivity contribution >= 4 is 46.6 Å².